The molecule has 96 valence electrons. The molecule has 0 aromatic heterocycles. The molecule has 0 radical (unpaired) electrons. The number of amides is 1. The van der Waals surface area contributed by atoms with E-state index in [1.54, 1.807) is 7.05 Å². The van der Waals surface area contributed by atoms with Crippen molar-refractivity contribution < 1.29 is 13.2 Å². The maximum absolute atomic E-state index is 11.5. The van der Waals surface area contributed by atoms with Crippen molar-refractivity contribution in [3.05, 3.63) is 0 Å². The van der Waals surface area contributed by atoms with Crippen LogP contribution in [0.4, 0.5) is 0 Å². The molecule has 7 heteroatoms. The summed E-state index contributed by atoms with van der Waals surface area (Å²) in [6.07, 6.45) is 1.92. The van der Waals surface area contributed by atoms with E-state index in [-0.39, 0.29) is 12.5 Å². The maximum Gasteiger partial charge on any atom is 0.279 e. The Hall–Kier alpha value is -0.660. The summed E-state index contributed by atoms with van der Waals surface area (Å²) in [5.74, 6) is -0.223. The Kier molecular flexibility index (Phi) is 6.54. The minimum absolute atomic E-state index is 0.194. The summed E-state index contributed by atoms with van der Waals surface area (Å²) >= 11 is 0. The molecule has 0 spiro atoms. The number of carbonyl (C=O) groups excluding carboxylic acids is 1. The Morgan fingerprint density at radius 2 is 1.81 bits per heavy atom. The molecule has 16 heavy (non-hydrogen) atoms. The molecule has 0 bridgehead atoms. The van der Waals surface area contributed by atoms with Crippen molar-refractivity contribution in [1.29, 1.82) is 0 Å². The van der Waals surface area contributed by atoms with Gasteiger partial charge in [0.2, 0.25) is 5.91 Å². The first kappa shape index (κ1) is 15.3. The molecule has 0 aromatic rings. The van der Waals surface area contributed by atoms with E-state index in [0.717, 1.165) is 17.1 Å². The molecule has 0 aliphatic carbocycles. The van der Waals surface area contributed by atoms with Gasteiger partial charge in [-0.3, -0.25) is 4.79 Å². The number of rotatable bonds is 7. The summed E-state index contributed by atoms with van der Waals surface area (Å²) in [5, 5.41) is 0. The Morgan fingerprint density at radius 3 is 2.25 bits per heavy atom. The zero-order valence-electron chi connectivity index (χ0n) is 10.4. The largest absolute Gasteiger partial charge is 0.345 e. The molecule has 0 fully saturated rings. The molecule has 0 unspecified atom stereocenters. The lowest BCUT2D eigenvalue weighted by Gasteiger charge is -2.18. The summed E-state index contributed by atoms with van der Waals surface area (Å²) in [5.41, 5.74) is 0. The third kappa shape index (κ3) is 5.43. The van der Waals surface area contributed by atoms with Crippen LogP contribution >= 0.6 is 0 Å². The van der Waals surface area contributed by atoms with E-state index in [4.69, 9.17) is 0 Å². The maximum atomic E-state index is 11.5. The molecular weight excluding hydrogens is 230 g/mol. The first-order valence-corrected chi connectivity index (χ1v) is 6.66. The van der Waals surface area contributed by atoms with Crippen LogP contribution in [0.25, 0.3) is 0 Å². The van der Waals surface area contributed by atoms with Crippen molar-refractivity contribution in [3.63, 3.8) is 0 Å². The second-order valence-corrected chi connectivity index (χ2v) is 5.75. The molecule has 0 atom stereocenters. The molecule has 1 N–H and O–H groups in total. The topological polar surface area (TPSA) is 69.7 Å². The van der Waals surface area contributed by atoms with Gasteiger partial charge in [-0.25, -0.2) is 0 Å². The van der Waals surface area contributed by atoms with Crippen LogP contribution in [-0.2, 0) is 15.0 Å². The van der Waals surface area contributed by atoms with E-state index in [1.165, 1.54) is 19.0 Å². The zero-order chi connectivity index (χ0) is 12.8. The standard InChI is InChI=1S/C9H21N3O3S/c1-5-6-7-12(4)9(13)8-10-16(14,15)11(2)3/h10H,5-8H2,1-4H3. The summed E-state index contributed by atoms with van der Waals surface area (Å²) in [6.45, 7) is 2.49. The number of hydrogen-bond acceptors (Lipinski definition) is 3. The normalized spacial score (nSPS) is 11.8. The highest BCUT2D eigenvalue weighted by atomic mass is 32.2. The van der Waals surface area contributed by atoms with Crippen molar-refractivity contribution in [3.8, 4) is 0 Å². The number of nitrogens with zero attached hydrogens (tertiary/aromatic N) is 2. The molecule has 0 aliphatic heterocycles. The van der Waals surface area contributed by atoms with Crippen LogP contribution in [0, 0.1) is 0 Å². The smallest absolute Gasteiger partial charge is 0.279 e. The molecule has 6 nitrogen and oxygen atoms in total. The van der Waals surface area contributed by atoms with Gasteiger partial charge in [-0.15, -0.1) is 0 Å². The summed E-state index contributed by atoms with van der Waals surface area (Å²) in [4.78, 5) is 13.0. The minimum Gasteiger partial charge on any atom is -0.345 e. The number of carbonyl (C=O) groups is 1. The first-order chi connectivity index (χ1) is 7.31. The third-order valence-electron chi connectivity index (χ3n) is 2.16. The van der Waals surface area contributed by atoms with Crippen molar-refractivity contribution >= 4 is 16.1 Å². The average molecular weight is 251 g/mol. The number of nitrogens with one attached hydrogen (secondary N) is 1. The molecule has 0 rings (SSSR count). The Labute approximate surface area is 97.8 Å². The van der Waals surface area contributed by atoms with E-state index in [1.807, 2.05) is 6.92 Å². The highest BCUT2D eigenvalue weighted by molar-refractivity contribution is 7.87. The van der Waals surface area contributed by atoms with Crippen LogP contribution in [0.2, 0.25) is 0 Å². The predicted octanol–water partition coefficient (Wildman–Crippen LogP) is -0.359. The number of hydrogen-bond donors (Lipinski definition) is 1. The second kappa shape index (κ2) is 6.82. The Balaban J connectivity index is 4.07. The highest BCUT2D eigenvalue weighted by Gasteiger charge is 2.16. The fourth-order valence-electron chi connectivity index (χ4n) is 0.937. The molecule has 0 saturated heterocycles. The molecule has 0 saturated carbocycles. The van der Waals surface area contributed by atoms with E-state index in [9.17, 15) is 13.2 Å². The quantitative estimate of drug-likeness (QED) is 0.672. The first-order valence-electron chi connectivity index (χ1n) is 5.22. The lowest BCUT2D eigenvalue weighted by molar-refractivity contribution is -0.128. The minimum atomic E-state index is -3.51. The van der Waals surface area contributed by atoms with Crippen LogP contribution in [0.5, 0.6) is 0 Å². The van der Waals surface area contributed by atoms with Crippen LogP contribution in [-0.4, -0.2) is 57.8 Å². The van der Waals surface area contributed by atoms with Crippen molar-refractivity contribution in [2.24, 2.45) is 0 Å². The summed E-state index contributed by atoms with van der Waals surface area (Å²) in [7, 11) is 0.978. The van der Waals surface area contributed by atoms with Crippen LogP contribution in [0.15, 0.2) is 0 Å². The second-order valence-electron chi connectivity index (χ2n) is 3.78. The highest BCUT2D eigenvalue weighted by Crippen LogP contribution is 1.93. The van der Waals surface area contributed by atoms with Crippen molar-refractivity contribution in [2.75, 3.05) is 34.2 Å². The Morgan fingerprint density at radius 1 is 1.25 bits per heavy atom. The van der Waals surface area contributed by atoms with E-state index in [2.05, 4.69) is 4.72 Å². The van der Waals surface area contributed by atoms with Gasteiger partial charge in [0.15, 0.2) is 0 Å². The van der Waals surface area contributed by atoms with Crippen LogP contribution < -0.4 is 4.72 Å². The van der Waals surface area contributed by atoms with Gasteiger partial charge >= 0.3 is 0 Å². The fraction of sp³-hybridized carbons (Fsp3) is 0.889. The average Bonchev–Trinajstić information content (AvgIpc) is 2.22. The molecule has 0 aliphatic rings. The van der Waals surface area contributed by atoms with Gasteiger partial charge in [0.1, 0.15) is 0 Å². The molecule has 1 amide bonds. The molecule has 0 heterocycles. The third-order valence-corrected chi connectivity index (χ3v) is 3.63. The van der Waals surface area contributed by atoms with Gasteiger partial charge in [-0.2, -0.15) is 17.4 Å². The van der Waals surface area contributed by atoms with Crippen LogP contribution in [0.3, 0.4) is 0 Å². The number of likely N-dealkylation sites (N-methyl/N-ethyl adjacent to an activating group) is 1. The monoisotopic (exact) mass is 251 g/mol. The zero-order valence-corrected chi connectivity index (χ0v) is 11.2. The fourth-order valence-corrected chi connectivity index (χ4v) is 1.50. The van der Waals surface area contributed by atoms with Gasteiger partial charge < -0.3 is 4.90 Å². The summed E-state index contributed by atoms with van der Waals surface area (Å²) < 4.78 is 25.9. The van der Waals surface area contributed by atoms with Gasteiger partial charge in [-0.1, -0.05) is 13.3 Å². The van der Waals surface area contributed by atoms with E-state index in [0.29, 0.717) is 6.54 Å². The SMILES string of the molecule is CCCCN(C)C(=O)CNS(=O)(=O)N(C)C. The lowest BCUT2D eigenvalue weighted by atomic mass is 10.3. The van der Waals surface area contributed by atoms with E-state index >= 15 is 0 Å². The predicted molar refractivity (Wildman–Crippen MR) is 63.2 cm³/mol. The van der Waals surface area contributed by atoms with Gasteiger partial charge in [0, 0.05) is 27.7 Å². The Bertz CT molecular complexity index is 314. The van der Waals surface area contributed by atoms with Crippen LogP contribution in [0.1, 0.15) is 19.8 Å². The molecule has 0 aromatic carbocycles. The van der Waals surface area contributed by atoms with Crippen molar-refractivity contribution in [2.45, 2.75) is 19.8 Å². The van der Waals surface area contributed by atoms with E-state index < -0.39 is 10.2 Å². The van der Waals surface area contributed by atoms with Gasteiger partial charge in [0.05, 0.1) is 6.54 Å². The lowest BCUT2D eigenvalue weighted by Crippen LogP contribution is -2.42. The van der Waals surface area contributed by atoms with Crippen molar-refractivity contribution in [1.82, 2.24) is 13.9 Å². The summed E-state index contributed by atoms with van der Waals surface area (Å²) in [6, 6.07) is 0. The van der Waals surface area contributed by atoms with Gasteiger partial charge in [0.25, 0.3) is 10.2 Å². The number of unbranched alkanes of at least 4 members (excludes halogenated alkanes) is 1. The van der Waals surface area contributed by atoms with Gasteiger partial charge in [-0.05, 0) is 6.42 Å². The molecular formula is C9H21N3O3S.